The number of alkyl halides is 6. The molecule has 1 aromatic carbocycles. The summed E-state index contributed by atoms with van der Waals surface area (Å²) in [4.78, 5) is 0. The van der Waals surface area contributed by atoms with Crippen molar-refractivity contribution >= 4 is 23.2 Å². The van der Waals surface area contributed by atoms with Gasteiger partial charge in [-0.2, -0.15) is 31.4 Å². The van der Waals surface area contributed by atoms with E-state index >= 15 is 0 Å². The van der Waals surface area contributed by atoms with E-state index in [0.717, 1.165) is 0 Å². The van der Waals surface area contributed by atoms with Crippen molar-refractivity contribution in [1.82, 2.24) is 9.78 Å². The maximum atomic E-state index is 13.1. The number of hydrogen-bond acceptors (Lipinski definition) is 3. The zero-order chi connectivity index (χ0) is 19.7. The summed E-state index contributed by atoms with van der Waals surface area (Å²) in [7, 11) is 0. The van der Waals surface area contributed by atoms with E-state index in [4.69, 9.17) is 25.9 Å². The Morgan fingerprint density at radius 2 is 1.71 bits per heavy atom. The van der Waals surface area contributed by atoms with Crippen LogP contribution in [0.2, 0.25) is 10.0 Å². The molecule has 0 unspecified atom stereocenters. The lowest BCUT2D eigenvalue weighted by Crippen LogP contribution is -2.29. The van der Waals surface area contributed by atoms with Crippen LogP contribution < -0.4 is 0 Å². The van der Waals surface area contributed by atoms with Gasteiger partial charge in [0, 0.05) is 6.17 Å². The minimum atomic E-state index is -4.93. The van der Waals surface area contributed by atoms with Crippen LogP contribution in [0.25, 0.3) is 5.69 Å². The fraction of sp³-hybridized carbons (Fsp3) is 0.250. The Morgan fingerprint density at radius 3 is 2.21 bits per heavy atom. The van der Waals surface area contributed by atoms with Crippen molar-refractivity contribution in [2.75, 3.05) is 0 Å². The summed E-state index contributed by atoms with van der Waals surface area (Å²) >= 11 is 11.5. The number of benzene rings is 1. The van der Waals surface area contributed by atoms with Crippen LogP contribution in [0.1, 0.15) is 13.9 Å². The van der Waals surface area contributed by atoms with Crippen molar-refractivity contribution in [3.05, 3.63) is 45.7 Å². The Hall–Kier alpha value is -1.81. The molecule has 0 bridgehead atoms. The molecule has 0 atom stereocenters. The molecular weight excluding hydrogens is 385 g/mol. The topological polar surface area (TPSA) is 42.5 Å². The normalized spacial score (nSPS) is 17.7. The summed E-state index contributed by atoms with van der Waals surface area (Å²) in [5, 5.41) is 7.92. The Kier molecular flexibility index (Phi) is 3.08. The van der Waals surface area contributed by atoms with Gasteiger partial charge in [-0.3, -0.25) is 0 Å². The molecule has 0 fully saturated rings. The summed E-state index contributed by atoms with van der Waals surface area (Å²) in [5.41, 5.74) is -5.66. The second-order valence-electron chi connectivity index (χ2n) is 4.64. The van der Waals surface area contributed by atoms with Crippen LogP contribution in [0.15, 0.2) is 34.7 Å². The van der Waals surface area contributed by atoms with Crippen molar-refractivity contribution in [2.45, 2.75) is 18.0 Å². The van der Waals surface area contributed by atoms with E-state index in [2.05, 4.69) is 15.3 Å². The number of aromatic nitrogens is 2. The first-order chi connectivity index (χ1) is 11.8. The molecule has 0 saturated heterocycles. The maximum absolute atomic E-state index is 13.1. The number of halogens is 8. The molecule has 0 saturated carbocycles. The molecule has 1 aliphatic rings. The second kappa shape index (κ2) is 5.09. The van der Waals surface area contributed by atoms with Crippen LogP contribution in [-0.2, 0) is 11.8 Å². The zero-order valence-corrected chi connectivity index (χ0v) is 12.5. The minimum absolute atomic E-state index is 0.386. The SMILES string of the molecule is [2H]c1c(C(F)(F)F)cc(Cl)c(-n2ncc(C3(C(F)(F)F)N=N3)c2[2H])c1Cl. The van der Waals surface area contributed by atoms with Gasteiger partial charge in [-0.25, -0.2) is 4.68 Å². The highest BCUT2D eigenvalue weighted by molar-refractivity contribution is 6.37. The lowest BCUT2D eigenvalue weighted by Gasteiger charge is -2.13. The molecule has 0 aliphatic carbocycles. The first-order valence-corrected chi connectivity index (χ1v) is 6.69. The van der Waals surface area contributed by atoms with E-state index < -0.39 is 57.1 Å². The lowest BCUT2D eigenvalue weighted by molar-refractivity contribution is -0.166. The quantitative estimate of drug-likeness (QED) is 0.634. The second-order valence-corrected chi connectivity index (χ2v) is 5.43. The van der Waals surface area contributed by atoms with Crippen LogP contribution in [0.5, 0.6) is 0 Å². The number of hydrogen-bond donors (Lipinski definition) is 0. The molecule has 12 heteroatoms. The van der Waals surface area contributed by atoms with E-state index in [1.165, 1.54) is 0 Å². The van der Waals surface area contributed by atoms with Crippen LogP contribution >= 0.6 is 23.2 Å². The molecule has 24 heavy (non-hydrogen) atoms. The first kappa shape index (κ1) is 14.5. The molecule has 2 aromatic rings. The molecule has 1 aliphatic heterocycles. The molecule has 0 radical (unpaired) electrons. The van der Waals surface area contributed by atoms with Gasteiger partial charge >= 0.3 is 18.0 Å². The van der Waals surface area contributed by atoms with Gasteiger partial charge < -0.3 is 0 Å². The van der Waals surface area contributed by atoms with Crippen molar-refractivity contribution < 1.29 is 29.1 Å². The molecule has 3 rings (SSSR count). The first-order valence-electron chi connectivity index (χ1n) is 6.93. The van der Waals surface area contributed by atoms with Gasteiger partial charge in [-0.15, -0.1) is 10.2 Å². The molecule has 2 heterocycles. The molecule has 0 N–H and O–H groups in total. The smallest absolute Gasteiger partial charge is 0.237 e. The molecule has 0 spiro atoms. The Balaban J connectivity index is 2.17. The van der Waals surface area contributed by atoms with Crippen molar-refractivity contribution in [2.24, 2.45) is 10.2 Å². The highest BCUT2D eigenvalue weighted by atomic mass is 35.5. The molecule has 0 amide bonds. The van der Waals surface area contributed by atoms with Crippen LogP contribution in [0, 0.1) is 0 Å². The number of nitrogens with zero attached hydrogens (tertiary/aromatic N) is 4. The van der Waals surface area contributed by atoms with E-state index in [-0.39, 0.29) is 0 Å². The van der Waals surface area contributed by atoms with Gasteiger partial charge in [-0.1, -0.05) is 23.2 Å². The van der Waals surface area contributed by atoms with Crippen molar-refractivity contribution in [3.63, 3.8) is 0 Å². The van der Waals surface area contributed by atoms with E-state index in [9.17, 15) is 26.3 Å². The third-order valence-electron chi connectivity index (χ3n) is 3.07. The van der Waals surface area contributed by atoms with Gasteiger partial charge in [-0.05, 0) is 12.1 Å². The van der Waals surface area contributed by atoms with Gasteiger partial charge in [0.25, 0.3) is 0 Å². The largest absolute Gasteiger partial charge is 0.442 e. The maximum Gasteiger partial charge on any atom is 0.442 e. The Bertz CT molecular complexity index is 931. The summed E-state index contributed by atoms with van der Waals surface area (Å²) in [6, 6.07) is -0.765. The predicted molar refractivity (Wildman–Crippen MR) is 71.2 cm³/mol. The van der Waals surface area contributed by atoms with Gasteiger partial charge in [0.1, 0.15) is 5.69 Å². The van der Waals surface area contributed by atoms with Gasteiger partial charge in [0.2, 0.25) is 0 Å². The average Bonchev–Trinajstić information content (AvgIpc) is 3.22. The predicted octanol–water partition coefficient (Wildman–Crippen LogP) is 5.38. The third kappa shape index (κ3) is 2.63. The van der Waals surface area contributed by atoms with Crippen molar-refractivity contribution in [3.8, 4) is 5.69 Å². The fourth-order valence-corrected chi connectivity index (χ4v) is 2.47. The third-order valence-corrected chi connectivity index (χ3v) is 3.63. The molecular formula is C12H4Cl2F6N4. The van der Waals surface area contributed by atoms with E-state index in [1.807, 2.05) is 0 Å². The highest BCUT2D eigenvalue weighted by Crippen LogP contribution is 2.52. The molecule has 128 valence electrons. The zero-order valence-electron chi connectivity index (χ0n) is 13.0. The minimum Gasteiger partial charge on any atom is -0.237 e. The summed E-state index contributed by atoms with van der Waals surface area (Å²) in [6.07, 6.45) is -10.1. The highest BCUT2D eigenvalue weighted by Gasteiger charge is 2.65. The number of rotatable bonds is 2. The lowest BCUT2D eigenvalue weighted by atomic mass is 10.1. The van der Waals surface area contributed by atoms with Crippen LogP contribution in [0.3, 0.4) is 0 Å². The Labute approximate surface area is 142 Å². The van der Waals surface area contributed by atoms with E-state index in [0.29, 0.717) is 16.9 Å². The standard InChI is InChI=1S/C12H4Cl2F6N4/c13-7-1-5(11(15,16)17)2-8(14)9(7)24-4-6(3-21-24)10(22-23-10)12(18,19)20/h1-4H/i1D,4D. The fourth-order valence-electron chi connectivity index (χ4n) is 1.85. The van der Waals surface area contributed by atoms with Crippen molar-refractivity contribution in [1.29, 1.82) is 0 Å². The van der Waals surface area contributed by atoms with Gasteiger partial charge in [0.05, 0.1) is 30.1 Å². The molecule has 4 nitrogen and oxygen atoms in total. The summed E-state index contributed by atoms with van der Waals surface area (Å²) in [5.74, 6) is 0. The molecule has 1 aromatic heterocycles. The summed E-state index contributed by atoms with van der Waals surface area (Å²) in [6.45, 7) is 0. The van der Waals surface area contributed by atoms with Gasteiger partial charge in [0.15, 0.2) is 0 Å². The van der Waals surface area contributed by atoms with Crippen LogP contribution in [-0.4, -0.2) is 16.0 Å². The monoisotopic (exact) mass is 390 g/mol. The average molecular weight is 391 g/mol. The van der Waals surface area contributed by atoms with E-state index in [1.54, 1.807) is 0 Å². The van der Waals surface area contributed by atoms with Crippen LogP contribution in [0.4, 0.5) is 26.3 Å². The Morgan fingerprint density at radius 1 is 1.08 bits per heavy atom. The summed E-state index contributed by atoms with van der Waals surface area (Å²) < 4.78 is 93.7.